The van der Waals surface area contributed by atoms with Gasteiger partial charge < -0.3 is 15.4 Å². The maximum Gasteiger partial charge on any atom is 0.325 e. The molecule has 114 valence electrons. The molecular weight excluding hydrogens is 288 g/mol. The summed E-state index contributed by atoms with van der Waals surface area (Å²) < 4.78 is 4.90. The molecule has 1 aromatic carbocycles. The number of carbonyl (C=O) groups excluding carboxylic acids is 2. The summed E-state index contributed by atoms with van der Waals surface area (Å²) in [5, 5.41) is 0. The van der Waals surface area contributed by atoms with Crippen LogP contribution in [0.25, 0.3) is 0 Å². The van der Waals surface area contributed by atoms with Crippen LogP contribution in [0.1, 0.15) is 36.7 Å². The summed E-state index contributed by atoms with van der Waals surface area (Å²) in [5.74, 6) is -0.679. The van der Waals surface area contributed by atoms with Gasteiger partial charge in [0.05, 0.1) is 6.61 Å². The molecule has 2 N–H and O–H groups in total. The maximum absolute atomic E-state index is 12.5. The van der Waals surface area contributed by atoms with Crippen LogP contribution in [0.3, 0.4) is 0 Å². The number of hydrogen-bond acceptors (Lipinski definition) is 4. The number of esters is 1. The van der Waals surface area contributed by atoms with Crippen molar-refractivity contribution in [2.24, 2.45) is 5.73 Å². The molecule has 0 aromatic heterocycles. The number of ether oxygens (including phenoxy) is 1. The summed E-state index contributed by atoms with van der Waals surface area (Å²) in [7, 11) is 0. The van der Waals surface area contributed by atoms with Crippen molar-refractivity contribution in [3.8, 4) is 0 Å². The predicted molar refractivity (Wildman–Crippen MR) is 85.1 cm³/mol. The summed E-state index contributed by atoms with van der Waals surface area (Å²) in [6.45, 7) is 5.62. The van der Waals surface area contributed by atoms with Crippen LogP contribution >= 0.6 is 12.2 Å². The highest BCUT2D eigenvalue weighted by molar-refractivity contribution is 7.80. The van der Waals surface area contributed by atoms with Gasteiger partial charge in [0.25, 0.3) is 5.91 Å². The van der Waals surface area contributed by atoms with Crippen molar-refractivity contribution in [2.75, 3.05) is 13.2 Å². The average molecular weight is 308 g/mol. The van der Waals surface area contributed by atoms with Crippen LogP contribution in [-0.2, 0) is 9.53 Å². The van der Waals surface area contributed by atoms with Crippen molar-refractivity contribution in [3.05, 3.63) is 35.4 Å². The Hall–Kier alpha value is -1.95. The molecule has 0 spiro atoms. The number of carbonyl (C=O) groups is 2. The zero-order valence-corrected chi connectivity index (χ0v) is 13.3. The molecule has 0 aliphatic heterocycles. The monoisotopic (exact) mass is 308 g/mol. The summed E-state index contributed by atoms with van der Waals surface area (Å²) in [4.78, 5) is 25.8. The molecule has 1 rings (SSSR count). The molecule has 0 heterocycles. The van der Waals surface area contributed by atoms with E-state index in [1.165, 1.54) is 4.90 Å². The van der Waals surface area contributed by atoms with Crippen molar-refractivity contribution in [2.45, 2.75) is 26.8 Å². The zero-order chi connectivity index (χ0) is 16.0. The Morgan fingerprint density at radius 2 is 1.95 bits per heavy atom. The summed E-state index contributed by atoms with van der Waals surface area (Å²) in [6, 6.07) is 6.63. The number of rotatable bonds is 6. The van der Waals surface area contributed by atoms with Crippen LogP contribution in [0.4, 0.5) is 0 Å². The molecule has 0 saturated carbocycles. The van der Waals surface area contributed by atoms with Gasteiger partial charge in [-0.3, -0.25) is 9.59 Å². The van der Waals surface area contributed by atoms with Crippen molar-refractivity contribution in [1.82, 2.24) is 4.90 Å². The van der Waals surface area contributed by atoms with Gasteiger partial charge in [-0.2, -0.15) is 0 Å². The molecule has 6 heteroatoms. The normalized spacial score (nSPS) is 10.3. The summed E-state index contributed by atoms with van der Waals surface area (Å²) in [6.07, 6.45) is 0. The van der Waals surface area contributed by atoms with Gasteiger partial charge in [0.15, 0.2) is 0 Å². The topological polar surface area (TPSA) is 72.6 Å². The molecule has 0 saturated heterocycles. The number of nitrogens with zero attached hydrogens (tertiary/aromatic N) is 1. The third-order valence-corrected chi connectivity index (χ3v) is 3.12. The maximum atomic E-state index is 12.5. The Bertz CT molecular complexity index is 543. The second-order valence-electron chi connectivity index (χ2n) is 4.78. The zero-order valence-electron chi connectivity index (χ0n) is 12.5. The largest absolute Gasteiger partial charge is 0.465 e. The first-order chi connectivity index (χ1) is 9.86. The molecular formula is C15H20N2O3S. The van der Waals surface area contributed by atoms with E-state index in [1.54, 1.807) is 31.2 Å². The lowest BCUT2D eigenvalue weighted by molar-refractivity contribution is -0.144. The number of thiocarbonyl (C=S) groups is 1. The first kappa shape index (κ1) is 17.1. The lowest BCUT2D eigenvalue weighted by Gasteiger charge is -2.26. The highest BCUT2D eigenvalue weighted by atomic mass is 32.1. The molecule has 5 nitrogen and oxygen atoms in total. The Kier molecular flexibility index (Phi) is 6.30. The lowest BCUT2D eigenvalue weighted by Crippen LogP contribution is -2.41. The first-order valence-electron chi connectivity index (χ1n) is 6.73. The number of nitrogens with two attached hydrogens (primary N) is 1. The fraction of sp³-hybridized carbons (Fsp3) is 0.400. The minimum absolute atomic E-state index is 0.0817. The summed E-state index contributed by atoms with van der Waals surface area (Å²) >= 11 is 4.91. The standard InChI is InChI=1S/C15H20N2O3S/c1-4-20-13(18)9-17(10(2)3)15(19)12-7-5-6-11(8-12)14(16)21/h5-8,10H,4,9H2,1-3H3,(H2,16,21). The van der Waals surface area contributed by atoms with Gasteiger partial charge >= 0.3 is 5.97 Å². The van der Waals surface area contributed by atoms with Gasteiger partial charge in [-0.1, -0.05) is 24.4 Å². The second-order valence-corrected chi connectivity index (χ2v) is 5.22. The molecule has 0 aliphatic rings. The van der Waals surface area contributed by atoms with E-state index in [-0.39, 0.29) is 30.1 Å². The van der Waals surface area contributed by atoms with Gasteiger partial charge in [0.1, 0.15) is 11.5 Å². The molecule has 0 atom stereocenters. The van der Waals surface area contributed by atoms with Crippen molar-refractivity contribution >= 4 is 29.1 Å². The van der Waals surface area contributed by atoms with Gasteiger partial charge in [0.2, 0.25) is 0 Å². The number of benzene rings is 1. The smallest absolute Gasteiger partial charge is 0.325 e. The van der Waals surface area contributed by atoms with E-state index in [0.29, 0.717) is 11.1 Å². The van der Waals surface area contributed by atoms with Crippen LogP contribution < -0.4 is 5.73 Å². The van der Waals surface area contributed by atoms with Gasteiger partial charge in [-0.15, -0.1) is 0 Å². The molecule has 0 unspecified atom stereocenters. The highest BCUT2D eigenvalue weighted by Gasteiger charge is 2.22. The Labute approximate surface area is 130 Å². The fourth-order valence-electron chi connectivity index (χ4n) is 1.81. The highest BCUT2D eigenvalue weighted by Crippen LogP contribution is 2.11. The Morgan fingerprint density at radius 1 is 1.33 bits per heavy atom. The van der Waals surface area contributed by atoms with Crippen molar-refractivity contribution in [1.29, 1.82) is 0 Å². The Morgan fingerprint density at radius 3 is 2.48 bits per heavy atom. The van der Waals surface area contributed by atoms with Crippen LogP contribution in [0.5, 0.6) is 0 Å². The van der Waals surface area contributed by atoms with E-state index in [0.717, 1.165) is 0 Å². The van der Waals surface area contributed by atoms with Crippen LogP contribution in [0.2, 0.25) is 0 Å². The van der Waals surface area contributed by atoms with Crippen molar-refractivity contribution in [3.63, 3.8) is 0 Å². The van der Waals surface area contributed by atoms with Gasteiger partial charge in [-0.05, 0) is 32.9 Å². The van der Waals surface area contributed by atoms with E-state index >= 15 is 0 Å². The van der Waals surface area contributed by atoms with Crippen LogP contribution in [0.15, 0.2) is 24.3 Å². The quantitative estimate of drug-likeness (QED) is 0.640. The molecule has 0 aliphatic carbocycles. The molecule has 0 radical (unpaired) electrons. The average Bonchev–Trinajstić information content (AvgIpc) is 2.44. The lowest BCUT2D eigenvalue weighted by atomic mass is 10.1. The van der Waals surface area contributed by atoms with Crippen molar-refractivity contribution < 1.29 is 14.3 Å². The Balaban J connectivity index is 2.98. The molecule has 1 aromatic rings. The van der Waals surface area contributed by atoms with E-state index < -0.39 is 5.97 Å². The predicted octanol–water partition coefficient (Wildman–Crippen LogP) is 1.73. The van der Waals surface area contributed by atoms with E-state index in [9.17, 15) is 9.59 Å². The number of hydrogen-bond donors (Lipinski definition) is 1. The van der Waals surface area contributed by atoms with Gasteiger partial charge in [-0.25, -0.2) is 0 Å². The number of amides is 1. The minimum Gasteiger partial charge on any atom is -0.465 e. The fourth-order valence-corrected chi connectivity index (χ4v) is 1.93. The summed E-state index contributed by atoms with van der Waals surface area (Å²) in [5.41, 5.74) is 6.64. The first-order valence-corrected chi connectivity index (χ1v) is 7.14. The van der Waals surface area contributed by atoms with Gasteiger partial charge in [0, 0.05) is 17.2 Å². The third kappa shape index (κ3) is 4.82. The molecule has 0 bridgehead atoms. The molecule has 1 amide bonds. The third-order valence-electron chi connectivity index (χ3n) is 2.88. The van der Waals surface area contributed by atoms with E-state index in [4.69, 9.17) is 22.7 Å². The van der Waals surface area contributed by atoms with Crippen LogP contribution in [-0.4, -0.2) is 41.0 Å². The minimum atomic E-state index is -0.426. The molecule has 0 fully saturated rings. The SMILES string of the molecule is CCOC(=O)CN(C(=O)c1cccc(C(N)=S)c1)C(C)C. The van der Waals surface area contributed by atoms with E-state index in [1.807, 2.05) is 13.8 Å². The van der Waals surface area contributed by atoms with E-state index in [2.05, 4.69) is 0 Å². The second kappa shape index (κ2) is 7.73. The molecule has 21 heavy (non-hydrogen) atoms. The van der Waals surface area contributed by atoms with Crippen LogP contribution in [0, 0.1) is 0 Å².